The molecule has 0 aliphatic carbocycles. The molecule has 4 nitrogen and oxygen atoms in total. The molecule has 0 saturated carbocycles. The standard InChI is InChI=1S/C11H19ClN4/c1-5-8(11(2,3)4)15-9-7(12)6-14-10(13)16-9/h6,8H,5H2,1-4H3,(H3,13,14,15,16)/t8-/m1/s1. The number of nitrogens with zero attached hydrogens (tertiary/aromatic N) is 2. The lowest BCUT2D eigenvalue weighted by atomic mass is 9.85. The van der Waals surface area contributed by atoms with Crippen LogP contribution in [-0.2, 0) is 0 Å². The topological polar surface area (TPSA) is 63.8 Å². The van der Waals surface area contributed by atoms with E-state index in [1.807, 2.05) is 0 Å². The summed E-state index contributed by atoms with van der Waals surface area (Å²) in [5, 5.41) is 3.81. The number of hydrogen-bond acceptors (Lipinski definition) is 4. The predicted molar refractivity (Wildman–Crippen MR) is 68.6 cm³/mol. The van der Waals surface area contributed by atoms with Crippen LogP contribution in [0.1, 0.15) is 34.1 Å². The molecule has 0 aromatic carbocycles. The van der Waals surface area contributed by atoms with E-state index in [4.69, 9.17) is 17.3 Å². The summed E-state index contributed by atoms with van der Waals surface area (Å²) in [5.41, 5.74) is 5.67. The lowest BCUT2D eigenvalue weighted by Crippen LogP contribution is -2.33. The Labute approximate surface area is 102 Å². The Hall–Kier alpha value is -1.03. The molecule has 0 aliphatic rings. The molecule has 0 fully saturated rings. The third-order valence-electron chi connectivity index (χ3n) is 2.53. The summed E-state index contributed by atoms with van der Waals surface area (Å²) in [7, 11) is 0. The van der Waals surface area contributed by atoms with Crippen LogP contribution in [0.5, 0.6) is 0 Å². The van der Waals surface area contributed by atoms with Crippen molar-refractivity contribution in [1.82, 2.24) is 9.97 Å². The number of rotatable bonds is 3. The predicted octanol–water partition coefficient (Wildman–Crippen LogP) is 2.95. The van der Waals surface area contributed by atoms with E-state index in [0.717, 1.165) is 6.42 Å². The Morgan fingerprint density at radius 2 is 2.12 bits per heavy atom. The van der Waals surface area contributed by atoms with E-state index in [0.29, 0.717) is 16.9 Å². The van der Waals surface area contributed by atoms with Crippen molar-refractivity contribution in [3.8, 4) is 0 Å². The van der Waals surface area contributed by atoms with Gasteiger partial charge >= 0.3 is 0 Å². The summed E-state index contributed by atoms with van der Waals surface area (Å²) in [6, 6.07) is 0.291. The minimum Gasteiger partial charge on any atom is -0.368 e. The fourth-order valence-corrected chi connectivity index (χ4v) is 1.72. The molecule has 16 heavy (non-hydrogen) atoms. The van der Waals surface area contributed by atoms with Crippen molar-refractivity contribution in [2.45, 2.75) is 40.2 Å². The van der Waals surface area contributed by atoms with Gasteiger partial charge in [0.2, 0.25) is 5.95 Å². The summed E-state index contributed by atoms with van der Waals surface area (Å²) in [6.07, 6.45) is 2.51. The first-order valence-electron chi connectivity index (χ1n) is 5.39. The normalized spacial score (nSPS) is 13.6. The Balaban J connectivity index is 2.90. The Bertz CT molecular complexity index is 359. The van der Waals surface area contributed by atoms with Gasteiger partial charge in [0.25, 0.3) is 0 Å². The molecule has 1 aromatic rings. The van der Waals surface area contributed by atoms with Crippen LogP contribution in [0.3, 0.4) is 0 Å². The van der Waals surface area contributed by atoms with Gasteiger partial charge in [-0.3, -0.25) is 0 Å². The summed E-state index contributed by atoms with van der Waals surface area (Å²) >= 11 is 6.00. The van der Waals surface area contributed by atoms with Crippen LogP contribution in [0, 0.1) is 5.41 Å². The summed E-state index contributed by atoms with van der Waals surface area (Å²) < 4.78 is 0. The van der Waals surface area contributed by atoms with Crippen LogP contribution >= 0.6 is 11.6 Å². The van der Waals surface area contributed by atoms with Crippen molar-refractivity contribution in [2.24, 2.45) is 5.41 Å². The first-order valence-corrected chi connectivity index (χ1v) is 5.77. The van der Waals surface area contributed by atoms with Crippen LogP contribution in [-0.4, -0.2) is 16.0 Å². The van der Waals surface area contributed by atoms with E-state index < -0.39 is 0 Å². The maximum atomic E-state index is 6.00. The molecule has 0 bridgehead atoms. The van der Waals surface area contributed by atoms with Crippen LogP contribution in [0.2, 0.25) is 5.02 Å². The second-order valence-corrected chi connectivity index (χ2v) is 5.30. The zero-order valence-electron chi connectivity index (χ0n) is 10.2. The molecular formula is C11H19ClN4. The highest BCUT2D eigenvalue weighted by Gasteiger charge is 2.23. The highest BCUT2D eigenvalue weighted by atomic mass is 35.5. The maximum Gasteiger partial charge on any atom is 0.222 e. The first-order chi connectivity index (χ1) is 7.34. The minimum absolute atomic E-state index is 0.137. The van der Waals surface area contributed by atoms with Gasteiger partial charge in [0.05, 0.1) is 6.20 Å². The first kappa shape index (κ1) is 13.0. The third-order valence-corrected chi connectivity index (χ3v) is 2.80. The largest absolute Gasteiger partial charge is 0.368 e. The highest BCUT2D eigenvalue weighted by Crippen LogP contribution is 2.27. The Morgan fingerprint density at radius 3 is 2.62 bits per heavy atom. The lowest BCUT2D eigenvalue weighted by molar-refractivity contribution is 0.333. The number of nitrogens with two attached hydrogens (primary N) is 1. The molecule has 90 valence electrons. The van der Waals surface area contributed by atoms with Crippen molar-refractivity contribution in [2.75, 3.05) is 11.1 Å². The van der Waals surface area contributed by atoms with Crippen molar-refractivity contribution >= 4 is 23.4 Å². The zero-order chi connectivity index (χ0) is 12.3. The van der Waals surface area contributed by atoms with Gasteiger partial charge in [0, 0.05) is 6.04 Å². The number of hydrogen-bond donors (Lipinski definition) is 2. The third kappa shape index (κ3) is 3.23. The number of nitrogens with one attached hydrogen (secondary N) is 1. The number of halogens is 1. The van der Waals surface area contributed by atoms with Gasteiger partial charge in [-0.15, -0.1) is 0 Å². The Kier molecular flexibility index (Phi) is 3.97. The quantitative estimate of drug-likeness (QED) is 0.856. The smallest absolute Gasteiger partial charge is 0.222 e. The monoisotopic (exact) mass is 242 g/mol. The molecule has 1 rings (SSSR count). The van der Waals surface area contributed by atoms with Gasteiger partial charge < -0.3 is 11.1 Å². The van der Waals surface area contributed by atoms with Gasteiger partial charge in [0.1, 0.15) is 5.02 Å². The summed E-state index contributed by atoms with van der Waals surface area (Å²) in [6.45, 7) is 8.65. The fourth-order valence-electron chi connectivity index (χ4n) is 1.58. The van der Waals surface area contributed by atoms with E-state index in [2.05, 4.69) is 43.0 Å². The summed E-state index contributed by atoms with van der Waals surface area (Å²) in [4.78, 5) is 7.93. The number of nitrogen functional groups attached to an aromatic ring is 1. The van der Waals surface area contributed by atoms with Crippen LogP contribution in [0.15, 0.2) is 6.20 Å². The average molecular weight is 243 g/mol. The molecular weight excluding hydrogens is 224 g/mol. The molecule has 1 aromatic heterocycles. The number of anilines is 2. The molecule has 0 amide bonds. The maximum absolute atomic E-state index is 6.00. The molecule has 1 heterocycles. The van der Waals surface area contributed by atoms with Gasteiger partial charge in [-0.25, -0.2) is 4.98 Å². The van der Waals surface area contributed by atoms with Crippen molar-refractivity contribution in [1.29, 1.82) is 0 Å². The van der Waals surface area contributed by atoms with Crippen LogP contribution < -0.4 is 11.1 Å². The second kappa shape index (κ2) is 4.87. The SMILES string of the molecule is CC[C@@H](Nc1nc(N)ncc1Cl)C(C)(C)C. The van der Waals surface area contributed by atoms with E-state index in [1.165, 1.54) is 6.20 Å². The Morgan fingerprint density at radius 1 is 1.50 bits per heavy atom. The summed E-state index contributed by atoms with van der Waals surface area (Å²) in [5.74, 6) is 0.839. The van der Waals surface area contributed by atoms with Gasteiger partial charge in [-0.05, 0) is 11.8 Å². The molecule has 0 saturated heterocycles. The van der Waals surface area contributed by atoms with Crippen LogP contribution in [0.4, 0.5) is 11.8 Å². The van der Waals surface area contributed by atoms with Crippen molar-refractivity contribution < 1.29 is 0 Å². The highest BCUT2D eigenvalue weighted by molar-refractivity contribution is 6.32. The zero-order valence-corrected chi connectivity index (χ0v) is 11.0. The molecule has 0 spiro atoms. The molecule has 1 atom stereocenters. The lowest BCUT2D eigenvalue weighted by Gasteiger charge is -2.31. The fraction of sp³-hybridized carbons (Fsp3) is 0.636. The van der Waals surface area contributed by atoms with E-state index >= 15 is 0 Å². The number of aromatic nitrogens is 2. The molecule has 0 aliphatic heterocycles. The second-order valence-electron chi connectivity index (χ2n) is 4.90. The van der Waals surface area contributed by atoms with Gasteiger partial charge in [-0.1, -0.05) is 39.3 Å². The minimum atomic E-state index is 0.137. The van der Waals surface area contributed by atoms with Crippen molar-refractivity contribution in [3.63, 3.8) is 0 Å². The molecule has 5 heteroatoms. The van der Waals surface area contributed by atoms with E-state index in [9.17, 15) is 0 Å². The van der Waals surface area contributed by atoms with Crippen LogP contribution in [0.25, 0.3) is 0 Å². The van der Waals surface area contributed by atoms with E-state index in [1.54, 1.807) is 0 Å². The molecule has 0 unspecified atom stereocenters. The molecule has 3 N–H and O–H groups in total. The molecule has 0 radical (unpaired) electrons. The van der Waals surface area contributed by atoms with Crippen molar-refractivity contribution in [3.05, 3.63) is 11.2 Å². The van der Waals surface area contributed by atoms with E-state index in [-0.39, 0.29) is 11.4 Å². The van der Waals surface area contributed by atoms with Gasteiger partial charge in [-0.2, -0.15) is 4.98 Å². The van der Waals surface area contributed by atoms with Gasteiger partial charge in [0.15, 0.2) is 5.82 Å². The average Bonchev–Trinajstić information content (AvgIpc) is 2.17.